The number of nitrogens with zero attached hydrogens (tertiary/aromatic N) is 5. The number of fused-ring (bicyclic) bond motifs is 1. The zero-order valence-electron chi connectivity index (χ0n) is 21.5. The SMILES string of the molecule is Cc1ccc(C(=O)NCc2cc3nc(CC4CCN(c5ncccn5)CC4)ccc3cn2)cc1S(C)(=O)=O. The predicted molar refractivity (Wildman–Crippen MR) is 146 cm³/mol. The van der Waals surface area contributed by atoms with Crippen LogP contribution in [-0.2, 0) is 22.8 Å². The van der Waals surface area contributed by atoms with Gasteiger partial charge < -0.3 is 10.2 Å². The van der Waals surface area contributed by atoms with E-state index in [1.54, 1.807) is 37.6 Å². The average molecular weight is 531 g/mol. The molecule has 10 heteroatoms. The molecule has 1 amide bonds. The number of anilines is 1. The van der Waals surface area contributed by atoms with Gasteiger partial charge in [-0.05, 0) is 74.1 Å². The molecule has 38 heavy (non-hydrogen) atoms. The van der Waals surface area contributed by atoms with E-state index in [4.69, 9.17) is 4.98 Å². The molecule has 4 aromatic rings. The second-order valence-electron chi connectivity index (χ2n) is 9.79. The van der Waals surface area contributed by atoms with Gasteiger partial charge in [-0.15, -0.1) is 0 Å². The Morgan fingerprint density at radius 1 is 1.03 bits per heavy atom. The third-order valence-corrected chi connectivity index (χ3v) is 8.15. The minimum atomic E-state index is -3.42. The van der Waals surface area contributed by atoms with Crippen LogP contribution in [0.4, 0.5) is 5.95 Å². The molecule has 0 spiro atoms. The summed E-state index contributed by atoms with van der Waals surface area (Å²) >= 11 is 0. The zero-order chi connectivity index (χ0) is 26.7. The fraction of sp³-hybridized carbons (Fsp3) is 0.321. The first-order chi connectivity index (χ1) is 18.3. The minimum absolute atomic E-state index is 0.157. The number of pyridine rings is 2. The molecule has 0 radical (unpaired) electrons. The molecule has 9 nitrogen and oxygen atoms in total. The summed E-state index contributed by atoms with van der Waals surface area (Å²) in [5.41, 5.74) is 3.47. The van der Waals surface area contributed by atoms with E-state index in [0.29, 0.717) is 22.7 Å². The normalized spacial score (nSPS) is 14.5. The molecule has 1 fully saturated rings. The van der Waals surface area contributed by atoms with Crippen LogP contribution in [0.5, 0.6) is 0 Å². The van der Waals surface area contributed by atoms with E-state index in [1.807, 2.05) is 18.2 Å². The number of nitrogens with one attached hydrogen (secondary N) is 1. The molecule has 0 atom stereocenters. The summed E-state index contributed by atoms with van der Waals surface area (Å²) in [7, 11) is -3.42. The van der Waals surface area contributed by atoms with E-state index in [2.05, 4.69) is 31.2 Å². The molecule has 1 aromatic carbocycles. The number of amides is 1. The van der Waals surface area contributed by atoms with Crippen molar-refractivity contribution in [1.29, 1.82) is 0 Å². The van der Waals surface area contributed by atoms with Gasteiger partial charge in [0, 0.05) is 54.6 Å². The predicted octanol–water partition coefficient (Wildman–Crippen LogP) is 3.52. The van der Waals surface area contributed by atoms with Gasteiger partial charge in [0.1, 0.15) is 0 Å². The van der Waals surface area contributed by atoms with Crippen LogP contribution in [0.1, 0.15) is 40.2 Å². The number of carbonyl (C=O) groups is 1. The van der Waals surface area contributed by atoms with Gasteiger partial charge in [0.05, 0.1) is 22.7 Å². The summed E-state index contributed by atoms with van der Waals surface area (Å²) in [6.45, 7) is 3.79. The van der Waals surface area contributed by atoms with Crippen molar-refractivity contribution in [2.45, 2.75) is 37.6 Å². The average Bonchev–Trinajstić information content (AvgIpc) is 2.92. The number of aromatic nitrogens is 4. The van der Waals surface area contributed by atoms with Crippen molar-refractivity contribution in [2.24, 2.45) is 5.92 Å². The van der Waals surface area contributed by atoms with Gasteiger partial charge in [-0.2, -0.15) is 0 Å². The number of piperidine rings is 1. The number of sulfone groups is 1. The van der Waals surface area contributed by atoms with Crippen molar-refractivity contribution in [1.82, 2.24) is 25.3 Å². The van der Waals surface area contributed by atoms with E-state index in [1.165, 1.54) is 6.07 Å². The fourth-order valence-corrected chi connectivity index (χ4v) is 5.81. The van der Waals surface area contributed by atoms with Gasteiger partial charge in [-0.1, -0.05) is 6.07 Å². The number of hydrogen-bond acceptors (Lipinski definition) is 8. The second-order valence-corrected chi connectivity index (χ2v) is 11.8. The molecule has 0 bridgehead atoms. The van der Waals surface area contributed by atoms with Crippen molar-refractivity contribution in [2.75, 3.05) is 24.2 Å². The van der Waals surface area contributed by atoms with Crippen LogP contribution in [0.2, 0.25) is 0 Å². The zero-order valence-corrected chi connectivity index (χ0v) is 22.3. The summed E-state index contributed by atoms with van der Waals surface area (Å²) in [5, 5.41) is 3.78. The number of rotatable bonds is 7. The molecular weight excluding hydrogens is 500 g/mol. The van der Waals surface area contributed by atoms with Crippen LogP contribution >= 0.6 is 0 Å². The van der Waals surface area contributed by atoms with Crippen molar-refractivity contribution in [3.05, 3.63) is 83.6 Å². The lowest BCUT2D eigenvalue weighted by Crippen LogP contribution is -2.35. The Balaban J connectivity index is 1.22. The Bertz CT molecular complexity index is 1570. The van der Waals surface area contributed by atoms with Crippen molar-refractivity contribution in [3.63, 3.8) is 0 Å². The van der Waals surface area contributed by atoms with E-state index in [9.17, 15) is 13.2 Å². The standard InChI is InChI=1S/C28H30N6O3S/c1-19-4-5-21(15-26(19)38(2,36)37)27(35)32-18-24-16-25-22(17-31-24)6-7-23(33-25)14-20-8-12-34(13-9-20)28-29-10-3-11-30-28/h3-7,10-11,15-17,20H,8-9,12-14,18H2,1-2H3,(H,32,35). The number of benzene rings is 1. The first kappa shape index (κ1) is 25.7. The molecule has 3 aromatic heterocycles. The summed E-state index contributed by atoms with van der Waals surface area (Å²) in [5.74, 6) is 0.984. The first-order valence-corrected chi connectivity index (χ1v) is 14.5. The molecule has 0 saturated carbocycles. The van der Waals surface area contributed by atoms with Gasteiger partial charge in [0.25, 0.3) is 5.91 Å². The highest BCUT2D eigenvalue weighted by Gasteiger charge is 2.21. The Kier molecular flexibility index (Phi) is 7.33. The highest BCUT2D eigenvalue weighted by Crippen LogP contribution is 2.24. The Morgan fingerprint density at radius 2 is 1.79 bits per heavy atom. The summed E-state index contributed by atoms with van der Waals surface area (Å²) in [4.78, 5) is 33.2. The maximum absolute atomic E-state index is 12.7. The van der Waals surface area contributed by atoms with Crippen LogP contribution < -0.4 is 10.2 Å². The third kappa shape index (κ3) is 5.96. The van der Waals surface area contributed by atoms with Crippen LogP contribution in [0.15, 0.2) is 66.0 Å². The molecule has 1 N–H and O–H groups in total. The van der Waals surface area contributed by atoms with Gasteiger partial charge in [0.2, 0.25) is 5.95 Å². The Morgan fingerprint density at radius 3 is 2.53 bits per heavy atom. The largest absolute Gasteiger partial charge is 0.346 e. The van der Waals surface area contributed by atoms with E-state index < -0.39 is 9.84 Å². The highest BCUT2D eigenvalue weighted by molar-refractivity contribution is 7.90. The molecule has 1 aliphatic rings. The first-order valence-electron chi connectivity index (χ1n) is 12.6. The monoisotopic (exact) mass is 530 g/mol. The lowest BCUT2D eigenvalue weighted by molar-refractivity contribution is 0.0950. The van der Waals surface area contributed by atoms with Crippen LogP contribution in [0, 0.1) is 12.8 Å². The molecule has 0 aliphatic carbocycles. The quantitative estimate of drug-likeness (QED) is 0.386. The number of hydrogen-bond donors (Lipinski definition) is 1. The number of aryl methyl sites for hydroxylation is 1. The topological polar surface area (TPSA) is 118 Å². The molecule has 4 heterocycles. The molecule has 1 aliphatic heterocycles. The molecule has 0 unspecified atom stereocenters. The van der Waals surface area contributed by atoms with E-state index >= 15 is 0 Å². The van der Waals surface area contributed by atoms with Crippen molar-refractivity contribution < 1.29 is 13.2 Å². The Hall–Kier alpha value is -3.92. The minimum Gasteiger partial charge on any atom is -0.346 e. The summed E-state index contributed by atoms with van der Waals surface area (Å²) in [6, 6.07) is 12.5. The van der Waals surface area contributed by atoms with Gasteiger partial charge in [-0.25, -0.2) is 18.4 Å². The van der Waals surface area contributed by atoms with Crippen LogP contribution in [0.25, 0.3) is 10.9 Å². The Labute approximate surface area is 222 Å². The lowest BCUT2D eigenvalue weighted by Gasteiger charge is -2.31. The van der Waals surface area contributed by atoms with E-state index in [-0.39, 0.29) is 17.3 Å². The molecule has 196 valence electrons. The molecule has 1 saturated heterocycles. The summed E-state index contributed by atoms with van der Waals surface area (Å²) in [6.07, 6.45) is 9.49. The molecular formula is C28H30N6O3S. The maximum Gasteiger partial charge on any atom is 0.251 e. The van der Waals surface area contributed by atoms with Gasteiger partial charge >= 0.3 is 0 Å². The van der Waals surface area contributed by atoms with Crippen LogP contribution in [-0.4, -0.2) is 53.6 Å². The van der Waals surface area contributed by atoms with Gasteiger partial charge in [-0.3, -0.25) is 14.8 Å². The highest BCUT2D eigenvalue weighted by atomic mass is 32.2. The second kappa shape index (κ2) is 10.8. The van der Waals surface area contributed by atoms with Crippen LogP contribution in [0.3, 0.4) is 0 Å². The third-order valence-electron chi connectivity index (χ3n) is 6.92. The molecule has 5 rings (SSSR count). The smallest absolute Gasteiger partial charge is 0.251 e. The fourth-order valence-electron chi connectivity index (χ4n) is 4.81. The number of carbonyl (C=O) groups excluding carboxylic acids is 1. The van der Waals surface area contributed by atoms with Crippen molar-refractivity contribution >= 4 is 32.6 Å². The van der Waals surface area contributed by atoms with Crippen molar-refractivity contribution in [3.8, 4) is 0 Å². The maximum atomic E-state index is 12.7. The van der Waals surface area contributed by atoms with Gasteiger partial charge in [0.15, 0.2) is 9.84 Å². The lowest BCUT2D eigenvalue weighted by atomic mass is 9.92. The summed E-state index contributed by atoms with van der Waals surface area (Å²) < 4.78 is 24.0. The van der Waals surface area contributed by atoms with E-state index in [0.717, 1.165) is 61.2 Å².